The van der Waals surface area contributed by atoms with Gasteiger partial charge in [-0.05, 0) is 45.7 Å². The average molecular weight is 278 g/mol. The van der Waals surface area contributed by atoms with Crippen LogP contribution in [0.15, 0.2) is 18.2 Å². The van der Waals surface area contributed by atoms with Gasteiger partial charge in [-0.15, -0.1) is 0 Å². The average Bonchev–Trinajstić information content (AvgIpc) is 2.79. The van der Waals surface area contributed by atoms with Crippen LogP contribution < -0.4 is 0 Å². The fourth-order valence-electron chi connectivity index (χ4n) is 3.07. The van der Waals surface area contributed by atoms with Crippen LogP contribution in [0, 0.1) is 17.0 Å². The Morgan fingerprint density at radius 1 is 1.50 bits per heavy atom. The molecule has 1 heterocycles. The lowest BCUT2D eigenvalue weighted by molar-refractivity contribution is -0.385. The van der Waals surface area contributed by atoms with Crippen molar-refractivity contribution in [2.75, 3.05) is 6.54 Å². The fraction of sp³-hybridized carbons (Fsp3) is 0.600. The third kappa shape index (κ3) is 2.99. The number of nitro groups is 1. The predicted molar refractivity (Wildman–Crippen MR) is 77.6 cm³/mol. The van der Waals surface area contributed by atoms with Crippen molar-refractivity contribution in [3.05, 3.63) is 39.4 Å². The minimum Gasteiger partial charge on any atom is -0.389 e. The summed E-state index contributed by atoms with van der Waals surface area (Å²) in [5.74, 6) is 0. The molecule has 1 unspecified atom stereocenters. The Kier molecular flexibility index (Phi) is 4.11. The van der Waals surface area contributed by atoms with Crippen molar-refractivity contribution in [2.45, 2.75) is 51.8 Å². The number of hydrogen-bond donors (Lipinski definition) is 1. The number of nitro benzene ring substituents is 1. The van der Waals surface area contributed by atoms with Gasteiger partial charge < -0.3 is 5.11 Å². The van der Waals surface area contributed by atoms with Crippen LogP contribution in [0.4, 0.5) is 5.69 Å². The molecule has 0 radical (unpaired) electrons. The third-order valence-corrected chi connectivity index (χ3v) is 4.17. The van der Waals surface area contributed by atoms with Gasteiger partial charge >= 0.3 is 0 Å². The highest BCUT2D eigenvalue weighted by Crippen LogP contribution is 2.30. The number of hydrogen-bond acceptors (Lipinski definition) is 4. The van der Waals surface area contributed by atoms with E-state index in [1.54, 1.807) is 13.0 Å². The maximum atomic E-state index is 11.0. The second kappa shape index (κ2) is 5.50. The van der Waals surface area contributed by atoms with E-state index in [1.165, 1.54) is 6.07 Å². The number of nitrogens with zero attached hydrogens (tertiary/aromatic N) is 2. The van der Waals surface area contributed by atoms with Crippen LogP contribution in [-0.2, 0) is 6.54 Å². The molecule has 0 saturated carbocycles. The lowest BCUT2D eigenvalue weighted by Crippen LogP contribution is -2.45. The summed E-state index contributed by atoms with van der Waals surface area (Å²) in [5.41, 5.74) is 1.11. The van der Waals surface area contributed by atoms with Crippen LogP contribution in [0.5, 0.6) is 0 Å². The minimum atomic E-state index is -0.745. The summed E-state index contributed by atoms with van der Waals surface area (Å²) >= 11 is 0. The van der Waals surface area contributed by atoms with E-state index in [2.05, 4.69) is 4.90 Å². The molecule has 1 saturated heterocycles. The SMILES string of the molecule is Cc1c(CN2CCCC2C(C)(C)O)cccc1[N+](=O)[O-]. The second-order valence-electron chi connectivity index (χ2n) is 6.10. The molecule has 1 N–H and O–H groups in total. The summed E-state index contributed by atoms with van der Waals surface area (Å²) in [6.07, 6.45) is 2.03. The lowest BCUT2D eigenvalue weighted by atomic mass is 9.96. The lowest BCUT2D eigenvalue weighted by Gasteiger charge is -2.34. The second-order valence-corrected chi connectivity index (χ2v) is 6.10. The molecule has 0 aromatic heterocycles. The first-order valence-corrected chi connectivity index (χ1v) is 7.00. The van der Waals surface area contributed by atoms with Gasteiger partial charge in [0.2, 0.25) is 0 Å². The van der Waals surface area contributed by atoms with Crippen LogP contribution >= 0.6 is 0 Å². The standard InChI is InChI=1S/C15H22N2O3/c1-11-12(6-4-7-13(11)17(19)20)10-16-9-5-8-14(16)15(2,3)18/h4,6-7,14,18H,5,8-10H2,1-3H3. The van der Waals surface area contributed by atoms with Crippen molar-refractivity contribution in [1.82, 2.24) is 4.90 Å². The Morgan fingerprint density at radius 2 is 2.20 bits per heavy atom. The molecule has 1 aliphatic heterocycles. The highest BCUT2D eigenvalue weighted by molar-refractivity contribution is 5.44. The smallest absolute Gasteiger partial charge is 0.272 e. The number of aliphatic hydroxyl groups is 1. The minimum absolute atomic E-state index is 0.112. The van der Waals surface area contributed by atoms with Crippen LogP contribution in [0.25, 0.3) is 0 Å². The monoisotopic (exact) mass is 278 g/mol. The molecule has 0 spiro atoms. The highest BCUT2D eigenvalue weighted by atomic mass is 16.6. The number of benzene rings is 1. The molecule has 110 valence electrons. The molecule has 5 nitrogen and oxygen atoms in total. The Labute approximate surface area is 119 Å². The van der Waals surface area contributed by atoms with Crippen molar-refractivity contribution >= 4 is 5.69 Å². The first-order valence-electron chi connectivity index (χ1n) is 7.00. The van der Waals surface area contributed by atoms with Crippen molar-refractivity contribution in [3.8, 4) is 0 Å². The maximum Gasteiger partial charge on any atom is 0.272 e. The molecule has 5 heteroatoms. The zero-order chi connectivity index (χ0) is 14.9. The van der Waals surface area contributed by atoms with E-state index < -0.39 is 5.60 Å². The van der Waals surface area contributed by atoms with Gasteiger partial charge in [-0.25, -0.2) is 0 Å². The van der Waals surface area contributed by atoms with E-state index in [0.29, 0.717) is 6.54 Å². The van der Waals surface area contributed by atoms with Crippen molar-refractivity contribution in [2.24, 2.45) is 0 Å². The van der Waals surface area contributed by atoms with Gasteiger partial charge in [-0.2, -0.15) is 0 Å². The Balaban J connectivity index is 2.22. The molecule has 0 amide bonds. The molecule has 1 atom stereocenters. The Morgan fingerprint density at radius 3 is 2.80 bits per heavy atom. The first-order chi connectivity index (χ1) is 9.30. The summed E-state index contributed by atoms with van der Waals surface area (Å²) in [7, 11) is 0. The zero-order valence-electron chi connectivity index (χ0n) is 12.3. The molecule has 0 bridgehead atoms. The summed E-state index contributed by atoms with van der Waals surface area (Å²) in [6, 6.07) is 5.31. The van der Waals surface area contributed by atoms with E-state index in [4.69, 9.17) is 0 Å². The van der Waals surface area contributed by atoms with Gasteiger partial charge in [0.1, 0.15) is 0 Å². The van der Waals surface area contributed by atoms with Crippen molar-refractivity contribution in [1.29, 1.82) is 0 Å². The molecule has 0 aliphatic carbocycles. The van der Waals surface area contributed by atoms with Crippen molar-refractivity contribution in [3.63, 3.8) is 0 Å². The molecule has 20 heavy (non-hydrogen) atoms. The Bertz CT molecular complexity index is 508. The zero-order valence-corrected chi connectivity index (χ0v) is 12.3. The maximum absolute atomic E-state index is 11.0. The molecular formula is C15H22N2O3. The third-order valence-electron chi connectivity index (χ3n) is 4.17. The van der Waals surface area contributed by atoms with Crippen LogP contribution in [0.3, 0.4) is 0 Å². The summed E-state index contributed by atoms with van der Waals surface area (Å²) in [6.45, 7) is 7.04. The molecule has 1 aromatic carbocycles. The quantitative estimate of drug-likeness (QED) is 0.679. The topological polar surface area (TPSA) is 66.6 Å². The van der Waals surface area contributed by atoms with E-state index >= 15 is 0 Å². The number of likely N-dealkylation sites (tertiary alicyclic amines) is 1. The van der Waals surface area contributed by atoms with Gasteiger partial charge in [-0.3, -0.25) is 15.0 Å². The summed E-state index contributed by atoms with van der Waals surface area (Å²) in [5, 5.41) is 21.2. The summed E-state index contributed by atoms with van der Waals surface area (Å²) < 4.78 is 0. The normalized spacial score (nSPS) is 20.3. The molecular weight excluding hydrogens is 256 g/mol. The van der Waals surface area contributed by atoms with Gasteiger partial charge in [0.15, 0.2) is 0 Å². The Hall–Kier alpha value is -1.46. The predicted octanol–water partition coefficient (Wildman–Crippen LogP) is 2.64. The van der Waals surface area contributed by atoms with Crippen LogP contribution in [0.2, 0.25) is 0 Å². The number of rotatable bonds is 4. The van der Waals surface area contributed by atoms with Crippen LogP contribution in [0.1, 0.15) is 37.8 Å². The van der Waals surface area contributed by atoms with Crippen molar-refractivity contribution < 1.29 is 10.0 Å². The molecule has 1 aliphatic rings. The molecule has 1 aromatic rings. The fourth-order valence-corrected chi connectivity index (χ4v) is 3.07. The summed E-state index contributed by atoms with van der Waals surface area (Å²) in [4.78, 5) is 12.9. The largest absolute Gasteiger partial charge is 0.389 e. The van der Waals surface area contributed by atoms with Gasteiger partial charge in [0, 0.05) is 24.2 Å². The van der Waals surface area contributed by atoms with Gasteiger partial charge in [-0.1, -0.05) is 12.1 Å². The highest BCUT2D eigenvalue weighted by Gasteiger charge is 2.35. The van der Waals surface area contributed by atoms with E-state index in [1.807, 2.05) is 19.9 Å². The van der Waals surface area contributed by atoms with E-state index in [9.17, 15) is 15.2 Å². The van der Waals surface area contributed by atoms with Crippen LogP contribution in [-0.4, -0.2) is 33.1 Å². The van der Waals surface area contributed by atoms with E-state index in [-0.39, 0.29) is 16.7 Å². The van der Waals surface area contributed by atoms with Gasteiger partial charge in [0.25, 0.3) is 5.69 Å². The van der Waals surface area contributed by atoms with Gasteiger partial charge in [0.05, 0.1) is 10.5 Å². The first kappa shape index (κ1) is 14.9. The van der Waals surface area contributed by atoms with E-state index in [0.717, 1.165) is 30.5 Å². The molecule has 2 rings (SSSR count). The molecule has 1 fully saturated rings.